The predicted molar refractivity (Wildman–Crippen MR) is 77.5 cm³/mol. The maximum absolute atomic E-state index is 11.7. The average Bonchev–Trinajstić information content (AvgIpc) is 2.40. The topological polar surface area (TPSA) is 38.8 Å². The molecule has 1 aliphatic heterocycles. The fraction of sp³-hybridized carbons (Fsp3) is 0.500. The van der Waals surface area contributed by atoms with Gasteiger partial charge in [-0.2, -0.15) is 0 Å². The average molecular weight is 328 g/mol. The van der Waals surface area contributed by atoms with Crippen LogP contribution in [0.15, 0.2) is 22.7 Å². The van der Waals surface area contributed by atoms with Gasteiger partial charge in [-0.1, -0.05) is 15.9 Å². The van der Waals surface area contributed by atoms with Crippen molar-refractivity contribution >= 4 is 27.6 Å². The van der Waals surface area contributed by atoms with Crippen LogP contribution in [-0.4, -0.2) is 38.9 Å². The van der Waals surface area contributed by atoms with Crippen LogP contribution in [0.4, 0.5) is 5.69 Å². The number of morpholine rings is 1. The zero-order valence-corrected chi connectivity index (χ0v) is 12.6. The number of esters is 1. The highest BCUT2D eigenvalue weighted by atomic mass is 79.9. The maximum Gasteiger partial charge on any atom is 0.310 e. The number of hydrogen-bond acceptors (Lipinski definition) is 4. The lowest BCUT2D eigenvalue weighted by Gasteiger charge is -2.30. The molecule has 1 aliphatic rings. The Morgan fingerprint density at radius 1 is 1.42 bits per heavy atom. The van der Waals surface area contributed by atoms with Crippen molar-refractivity contribution in [3.05, 3.63) is 28.2 Å². The molecule has 0 aliphatic carbocycles. The van der Waals surface area contributed by atoms with Gasteiger partial charge in [0.2, 0.25) is 0 Å². The third kappa shape index (κ3) is 3.94. The van der Waals surface area contributed by atoms with E-state index in [1.807, 2.05) is 25.1 Å². The highest BCUT2D eigenvalue weighted by molar-refractivity contribution is 9.10. The van der Waals surface area contributed by atoms with Gasteiger partial charge in [-0.15, -0.1) is 0 Å². The van der Waals surface area contributed by atoms with Gasteiger partial charge in [0.1, 0.15) is 0 Å². The quantitative estimate of drug-likeness (QED) is 0.796. The number of carbonyl (C=O) groups excluding carboxylic acids is 1. The van der Waals surface area contributed by atoms with Crippen molar-refractivity contribution < 1.29 is 14.3 Å². The van der Waals surface area contributed by atoms with Crippen molar-refractivity contribution in [3.8, 4) is 0 Å². The molecule has 2 rings (SSSR count). The molecule has 5 heteroatoms. The number of anilines is 1. The maximum atomic E-state index is 11.7. The SMILES string of the molecule is CCOC(=O)Cc1cc(Br)ccc1N1CCOCC1. The lowest BCUT2D eigenvalue weighted by atomic mass is 10.1. The van der Waals surface area contributed by atoms with Gasteiger partial charge >= 0.3 is 5.97 Å². The molecule has 0 amide bonds. The lowest BCUT2D eigenvalue weighted by molar-refractivity contribution is -0.142. The van der Waals surface area contributed by atoms with Crippen molar-refractivity contribution in [2.24, 2.45) is 0 Å². The molecule has 0 bridgehead atoms. The molecule has 1 heterocycles. The van der Waals surface area contributed by atoms with Gasteiger partial charge in [-0.3, -0.25) is 4.79 Å². The summed E-state index contributed by atoms with van der Waals surface area (Å²) < 4.78 is 11.4. The number of carbonyl (C=O) groups is 1. The zero-order chi connectivity index (χ0) is 13.7. The van der Waals surface area contributed by atoms with Crippen LogP contribution in [0, 0.1) is 0 Å². The van der Waals surface area contributed by atoms with Crippen molar-refractivity contribution in [2.75, 3.05) is 37.8 Å². The summed E-state index contributed by atoms with van der Waals surface area (Å²) in [5.41, 5.74) is 2.09. The fourth-order valence-corrected chi connectivity index (χ4v) is 2.58. The Morgan fingerprint density at radius 2 is 2.16 bits per heavy atom. The minimum atomic E-state index is -0.185. The summed E-state index contributed by atoms with van der Waals surface area (Å²) in [6.07, 6.45) is 0.306. The van der Waals surface area contributed by atoms with Crippen LogP contribution in [-0.2, 0) is 20.7 Å². The summed E-state index contributed by atoms with van der Waals surface area (Å²) in [7, 11) is 0. The van der Waals surface area contributed by atoms with Gasteiger partial charge in [0.15, 0.2) is 0 Å². The molecule has 1 fully saturated rings. The number of nitrogens with zero attached hydrogens (tertiary/aromatic N) is 1. The predicted octanol–water partition coefficient (Wildman–Crippen LogP) is 2.39. The summed E-state index contributed by atoms with van der Waals surface area (Å²) in [4.78, 5) is 13.9. The van der Waals surface area contributed by atoms with E-state index >= 15 is 0 Å². The minimum absolute atomic E-state index is 0.185. The van der Waals surface area contributed by atoms with Gasteiger partial charge in [-0.05, 0) is 30.7 Å². The van der Waals surface area contributed by atoms with Gasteiger partial charge in [0.25, 0.3) is 0 Å². The molecule has 1 aromatic carbocycles. The monoisotopic (exact) mass is 327 g/mol. The molecule has 0 atom stereocenters. The van der Waals surface area contributed by atoms with E-state index in [4.69, 9.17) is 9.47 Å². The number of ether oxygens (including phenoxy) is 2. The van der Waals surface area contributed by atoms with E-state index in [0.717, 1.165) is 42.0 Å². The first-order valence-electron chi connectivity index (χ1n) is 6.47. The van der Waals surface area contributed by atoms with E-state index in [1.165, 1.54) is 0 Å². The van der Waals surface area contributed by atoms with Crippen molar-refractivity contribution in [2.45, 2.75) is 13.3 Å². The van der Waals surface area contributed by atoms with Crippen LogP contribution in [0.2, 0.25) is 0 Å². The smallest absolute Gasteiger partial charge is 0.310 e. The Bertz CT molecular complexity index is 444. The fourth-order valence-electron chi connectivity index (χ4n) is 2.18. The summed E-state index contributed by atoms with van der Waals surface area (Å²) in [6.45, 7) is 5.42. The lowest BCUT2D eigenvalue weighted by Crippen LogP contribution is -2.37. The Morgan fingerprint density at radius 3 is 2.84 bits per heavy atom. The van der Waals surface area contributed by atoms with Gasteiger partial charge in [0, 0.05) is 23.2 Å². The van der Waals surface area contributed by atoms with Crippen molar-refractivity contribution in [1.82, 2.24) is 0 Å². The Labute approximate surface area is 121 Å². The second-order valence-electron chi connectivity index (χ2n) is 4.35. The molecule has 1 aromatic rings. The Kier molecular flexibility index (Phi) is 5.22. The number of hydrogen-bond donors (Lipinski definition) is 0. The third-order valence-electron chi connectivity index (χ3n) is 3.03. The molecule has 0 radical (unpaired) electrons. The van der Waals surface area contributed by atoms with Crippen LogP contribution in [0.5, 0.6) is 0 Å². The number of rotatable bonds is 4. The molecule has 0 saturated carbocycles. The number of benzene rings is 1. The van der Waals surface area contributed by atoms with Gasteiger partial charge in [0.05, 0.1) is 26.2 Å². The molecule has 0 aromatic heterocycles. The standard InChI is InChI=1S/C14H18BrNO3/c1-2-19-14(17)10-11-9-12(15)3-4-13(11)16-5-7-18-8-6-16/h3-4,9H,2,5-8,10H2,1H3. The molecule has 4 nitrogen and oxygen atoms in total. The Hall–Kier alpha value is -1.07. The molecule has 19 heavy (non-hydrogen) atoms. The Balaban J connectivity index is 2.19. The van der Waals surface area contributed by atoms with Gasteiger partial charge < -0.3 is 14.4 Å². The molecule has 104 valence electrons. The third-order valence-corrected chi connectivity index (χ3v) is 3.53. The highest BCUT2D eigenvalue weighted by Gasteiger charge is 2.17. The van der Waals surface area contributed by atoms with Crippen LogP contribution < -0.4 is 4.90 Å². The van der Waals surface area contributed by atoms with E-state index in [1.54, 1.807) is 0 Å². The second-order valence-corrected chi connectivity index (χ2v) is 5.27. The molecule has 1 saturated heterocycles. The van der Waals surface area contributed by atoms with Crippen LogP contribution in [0.25, 0.3) is 0 Å². The first-order chi connectivity index (χ1) is 9.20. The van der Waals surface area contributed by atoms with Crippen molar-refractivity contribution in [1.29, 1.82) is 0 Å². The number of halogens is 1. The van der Waals surface area contributed by atoms with Crippen LogP contribution in [0.3, 0.4) is 0 Å². The minimum Gasteiger partial charge on any atom is -0.466 e. The molecule has 0 N–H and O–H groups in total. The summed E-state index contributed by atoms with van der Waals surface area (Å²) in [5.74, 6) is -0.185. The summed E-state index contributed by atoms with van der Waals surface area (Å²) >= 11 is 3.45. The molecule has 0 spiro atoms. The van der Waals surface area contributed by atoms with Crippen LogP contribution in [0.1, 0.15) is 12.5 Å². The van der Waals surface area contributed by atoms with Crippen molar-refractivity contribution in [3.63, 3.8) is 0 Å². The van der Waals surface area contributed by atoms with Gasteiger partial charge in [-0.25, -0.2) is 0 Å². The van der Waals surface area contributed by atoms with E-state index in [0.29, 0.717) is 13.0 Å². The zero-order valence-electron chi connectivity index (χ0n) is 11.0. The van der Waals surface area contributed by atoms with E-state index in [2.05, 4.69) is 20.8 Å². The summed E-state index contributed by atoms with van der Waals surface area (Å²) in [5, 5.41) is 0. The molecular weight excluding hydrogens is 310 g/mol. The summed E-state index contributed by atoms with van der Waals surface area (Å²) in [6, 6.07) is 6.03. The normalized spacial score (nSPS) is 15.4. The first-order valence-corrected chi connectivity index (χ1v) is 7.26. The second kappa shape index (κ2) is 6.91. The van der Waals surface area contributed by atoms with E-state index in [-0.39, 0.29) is 5.97 Å². The first kappa shape index (κ1) is 14.3. The van der Waals surface area contributed by atoms with E-state index < -0.39 is 0 Å². The molecular formula is C14H18BrNO3. The largest absolute Gasteiger partial charge is 0.466 e. The highest BCUT2D eigenvalue weighted by Crippen LogP contribution is 2.26. The molecule has 0 unspecified atom stereocenters. The van der Waals surface area contributed by atoms with E-state index in [9.17, 15) is 4.79 Å². The van der Waals surface area contributed by atoms with Crippen LogP contribution >= 0.6 is 15.9 Å².